The highest BCUT2D eigenvalue weighted by atomic mass is 19.4. The normalized spacial score (nSPS) is 11.5. The number of aryl methyl sites for hydroxylation is 1. The van der Waals surface area contributed by atoms with Crippen LogP contribution in [0.3, 0.4) is 0 Å². The summed E-state index contributed by atoms with van der Waals surface area (Å²) in [6.07, 6.45) is -3.34. The van der Waals surface area contributed by atoms with Gasteiger partial charge >= 0.3 is 6.18 Å². The minimum absolute atomic E-state index is 0.254. The molecule has 0 fully saturated rings. The van der Waals surface area contributed by atoms with Crippen LogP contribution in [0.25, 0.3) is 0 Å². The lowest BCUT2D eigenvalue weighted by Gasteiger charge is -2.12. The lowest BCUT2D eigenvalue weighted by Crippen LogP contribution is -2.22. The third kappa shape index (κ3) is 2.26. The van der Waals surface area contributed by atoms with E-state index in [1.54, 1.807) is 6.92 Å². The number of carbonyl (C=O) groups is 1. The van der Waals surface area contributed by atoms with Crippen LogP contribution in [0, 0.1) is 0 Å². The molecule has 0 bridgehead atoms. The molecule has 0 atom stereocenters. The Balaban J connectivity index is 3.46. The van der Waals surface area contributed by atoms with Gasteiger partial charge in [-0.05, 0) is 18.1 Å². The highest BCUT2D eigenvalue weighted by Crippen LogP contribution is 2.31. The van der Waals surface area contributed by atoms with Crippen LogP contribution in [0.1, 0.15) is 28.5 Å². The van der Waals surface area contributed by atoms with Crippen molar-refractivity contribution in [2.45, 2.75) is 19.5 Å². The van der Waals surface area contributed by atoms with E-state index < -0.39 is 23.3 Å². The summed E-state index contributed by atoms with van der Waals surface area (Å²) < 4.78 is 37.4. The molecule has 0 aromatic carbocycles. The zero-order chi connectivity index (χ0) is 11.6. The molecular weight excluding hydrogens is 209 g/mol. The Morgan fingerprint density at radius 1 is 1.53 bits per heavy atom. The molecule has 1 rings (SSSR count). The molecule has 0 spiro atoms. The van der Waals surface area contributed by atoms with Crippen molar-refractivity contribution in [2.24, 2.45) is 5.73 Å². The molecule has 0 aliphatic heterocycles. The number of halogens is 3. The monoisotopic (exact) mass is 218 g/mol. The molecule has 1 aromatic rings. The summed E-state index contributed by atoms with van der Waals surface area (Å²) in [4.78, 5) is 14.1. The van der Waals surface area contributed by atoms with Crippen LogP contribution < -0.4 is 5.73 Å². The minimum atomic E-state index is -4.66. The highest BCUT2D eigenvalue weighted by molar-refractivity contribution is 5.95. The second kappa shape index (κ2) is 3.88. The molecule has 0 saturated heterocycles. The van der Waals surface area contributed by atoms with Crippen molar-refractivity contribution in [3.63, 3.8) is 0 Å². The Labute approximate surface area is 84.1 Å². The van der Waals surface area contributed by atoms with Gasteiger partial charge in [0.05, 0.1) is 5.56 Å². The fourth-order valence-corrected chi connectivity index (χ4v) is 1.29. The number of amides is 1. The number of aromatic nitrogens is 1. The van der Waals surface area contributed by atoms with Gasteiger partial charge in [0.1, 0.15) is 0 Å². The SMILES string of the molecule is CCc1ccnc(C(F)(F)F)c1C(N)=O. The van der Waals surface area contributed by atoms with E-state index in [4.69, 9.17) is 5.73 Å². The maximum atomic E-state index is 12.5. The van der Waals surface area contributed by atoms with Gasteiger partial charge in [-0.3, -0.25) is 9.78 Å². The second-order valence-electron chi connectivity index (χ2n) is 2.91. The molecule has 82 valence electrons. The number of alkyl halides is 3. The number of nitrogens with zero attached hydrogens (tertiary/aromatic N) is 1. The lowest BCUT2D eigenvalue weighted by atomic mass is 10.0. The summed E-state index contributed by atoms with van der Waals surface area (Å²) in [6, 6.07) is 1.36. The first-order chi connectivity index (χ1) is 6.88. The van der Waals surface area contributed by atoms with E-state index in [2.05, 4.69) is 4.98 Å². The van der Waals surface area contributed by atoms with Crippen molar-refractivity contribution < 1.29 is 18.0 Å². The zero-order valence-corrected chi connectivity index (χ0v) is 7.93. The molecule has 0 aliphatic rings. The van der Waals surface area contributed by atoms with Crippen molar-refractivity contribution in [2.75, 3.05) is 0 Å². The molecular formula is C9H9F3N2O. The number of carbonyl (C=O) groups excluding carboxylic acids is 1. The van der Waals surface area contributed by atoms with Crippen LogP contribution in [0.15, 0.2) is 12.3 Å². The van der Waals surface area contributed by atoms with Crippen molar-refractivity contribution in [1.29, 1.82) is 0 Å². The number of pyridine rings is 1. The maximum absolute atomic E-state index is 12.5. The summed E-state index contributed by atoms with van der Waals surface area (Å²) in [5.41, 5.74) is 3.41. The highest BCUT2D eigenvalue weighted by Gasteiger charge is 2.37. The molecule has 0 radical (unpaired) electrons. The molecule has 0 unspecified atom stereocenters. The van der Waals surface area contributed by atoms with Gasteiger partial charge in [-0.1, -0.05) is 6.92 Å². The van der Waals surface area contributed by atoms with Crippen LogP contribution in [0.4, 0.5) is 13.2 Å². The van der Waals surface area contributed by atoms with Gasteiger partial charge in [-0.25, -0.2) is 0 Å². The predicted octanol–water partition coefficient (Wildman–Crippen LogP) is 1.76. The molecule has 1 heterocycles. The average Bonchev–Trinajstić information content (AvgIpc) is 2.15. The van der Waals surface area contributed by atoms with E-state index in [0.717, 1.165) is 6.20 Å². The minimum Gasteiger partial charge on any atom is -0.366 e. The van der Waals surface area contributed by atoms with Gasteiger partial charge in [0.2, 0.25) is 0 Å². The average molecular weight is 218 g/mol. The smallest absolute Gasteiger partial charge is 0.366 e. The van der Waals surface area contributed by atoms with Gasteiger partial charge in [0.15, 0.2) is 5.69 Å². The van der Waals surface area contributed by atoms with Crippen molar-refractivity contribution in [3.8, 4) is 0 Å². The number of primary amides is 1. The van der Waals surface area contributed by atoms with Gasteiger partial charge in [-0.15, -0.1) is 0 Å². The van der Waals surface area contributed by atoms with E-state index in [0.29, 0.717) is 6.42 Å². The molecule has 0 aliphatic carbocycles. The van der Waals surface area contributed by atoms with Crippen LogP contribution >= 0.6 is 0 Å². The first kappa shape index (κ1) is 11.5. The van der Waals surface area contributed by atoms with Gasteiger partial charge in [0, 0.05) is 6.20 Å². The standard InChI is InChI=1S/C9H9F3N2O/c1-2-5-3-4-14-7(9(10,11)12)6(5)8(13)15/h3-4H,2H2,1H3,(H2,13,15). The molecule has 3 nitrogen and oxygen atoms in total. The van der Waals surface area contributed by atoms with Gasteiger partial charge in [0.25, 0.3) is 5.91 Å². The van der Waals surface area contributed by atoms with E-state index in [9.17, 15) is 18.0 Å². The van der Waals surface area contributed by atoms with Crippen LogP contribution in [0.5, 0.6) is 0 Å². The number of rotatable bonds is 2. The summed E-state index contributed by atoms with van der Waals surface area (Å²) in [7, 11) is 0. The maximum Gasteiger partial charge on any atom is 0.434 e. The predicted molar refractivity (Wildman–Crippen MR) is 47.1 cm³/mol. The quantitative estimate of drug-likeness (QED) is 0.822. The third-order valence-corrected chi connectivity index (χ3v) is 1.93. The Morgan fingerprint density at radius 3 is 2.53 bits per heavy atom. The molecule has 2 N–H and O–H groups in total. The Morgan fingerprint density at radius 2 is 2.13 bits per heavy atom. The molecule has 1 amide bonds. The van der Waals surface area contributed by atoms with Crippen molar-refractivity contribution >= 4 is 5.91 Å². The summed E-state index contributed by atoms with van der Waals surface area (Å²) in [6.45, 7) is 1.64. The second-order valence-corrected chi connectivity index (χ2v) is 2.91. The molecule has 0 saturated carbocycles. The fourth-order valence-electron chi connectivity index (χ4n) is 1.29. The van der Waals surface area contributed by atoms with E-state index in [-0.39, 0.29) is 5.56 Å². The first-order valence-corrected chi connectivity index (χ1v) is 4.22. The van der Waals surface area contributed by atoms with Crippen molar-refractivity contribution in [1.82, 2.24) is 4.98 Å². The van der Waals surface area contributed by atoms with Crippen molar-refractivity contribution in [3.05, 3.63) is 29.1 Å². The van der Waals surface area contributed by atoms with Crippen LogP contribution in [0.2, 0.25) is 0 Å². The van der Waals surface area contributed by atoms with E-state index >= 15 is 0 Å². The van der Waals surface area contributed by atoms with Gasteiger partial charge in [-0.2, -0.15) is 13.2 Å². The fraction of sp³-hybridized carbons (Fsp3) is 0.333. The topological polar surface area (TPSA) is 56.0 Å². The van der Waals surface area contributed by atoms with E-state index in [1.807, 2.05) is 0 Å². The molecule has 1 aromatic heterocycles. The summed E-state index contributed by atoms with van der Waals surface area (Å²) in [5, 5.41) is 0. The van der Waals surface area contributed by atoms with Crippen LogP contribution in [-0.4, -0.2) is 10.9 Å². The Kier molecular flexibility index (Phi) is 2.97. The summed E-state index contributed by atoms with van der Waals surface area (Å²) >= 11 is 0. The number of nitrogens with two attached hydrogens (primary N) is 1. The van der Waals surface area contributed by atoms with Gasteiger partial charge < -0.3 is 5.73 Å². The molecule has 15 heavy (non-hydrogen) atoms. The van der Waals surface area contributed by atoms with Crippen LogP contribution in [-0.2, 0) is 12.6 Å². The van der Waals surface area contributed by atoms with E-state index in [1.165, 1.54) is 6.07 Å². The number of hydrogen-bond donors (Lipinski definition) is 1. The zero-order valence-electron chi connectivity index (χ0n) is 7.93. The Hall–Kier alpha value is -1.59. The molecule has 6 heteroatoms. The number of hydrogen-bond acceptors (Lipinski definition) is 2. The first-order valence-electron chi connectivity index (χ1n) is 4.22. The summed E-state index contributed by atoms with van der Waals surface area (Å²) in [5.74, 6) is -1.10. The largest absolute Gasteiger partial charge is 0.434 e. The third-order valence-electron chi connectivity index (χ3n) is 1.93. The lowest BCUT2D eigenvalue weighted by molar-refractivity contribution is -0.141. The Bertz CT molecular complexity index is 387.